The van der Waals surface area contributed by atoms with Crippen molar-refractivity contribution in [2.24, 2.45) is 5.92 Å². The lowest BCUT2D eigenvalue weighted by molar-refractivity contribution is 0.0553. The Labute approximate surface area is 236 Å². The smallest absolute Gasteiger partial charge is 0.255 e. The SMILES string of the molecule is Cc1cccc(C(=O)N2[14CH2]CC(N3CCC(Cc4ccc(S(=O)(=O)c5cccc(Cl)c5)cc4)CC3)C[14CH2]2)c1N. The molecule has 0 bridgehead atoms. The van der Waals surface area contributed by atoms with Crippen molar-refractivity contribution in [2.75, 3.05) is 31.9 Å². The quantitative estimate of drug-likeness (QED) is 0.389. The molecule has 1 amide bonds. The van der Waals surface area contributed by atoms with Crippen molar-refractivity contribution >= 4 is 33.0 Å². The summed E-state index contributed by atoms with van der Waals surface area (Å²) in [6.07, 6.45) is 5.19. The lowest BCUT2D eigenvalue weighted by Gasteiger charge is -2.42. The molecule has 6 nitrogen and oxygen atoms in total. The minimum Gasteiger partial charge on any atom is -0.398 e. The van der Waals surface area contributed by atoms with Gasteiger partial charge in [-0.05, 0) is 106 Å². The van der Waals surface area contributed by atoms with E-state index >= 15 is 0 Å². The zero-order chi connectivity index (χ0) is 27.6. The van der Waals surface area contributed by atoms with Crippen molar-refractivity contribution in [1.29, 1.82) is 0 Å². The molecule has 8 heteroatoms. The van der Waals surface area contributed by atoms with Crippen molar-refractivity contribution in [3.8, 4) is 0 Å². The number of rotatable bonds is 6. The van der Waals surface area contributed by atoms with E-state index in [-0.39, 0.29) is 10.8 Å². The van der Waals surface area contributed by atoms with Crippen LogP contribution in [0.25, 0.3) is 0 Å². The van der Waals surface area contributed by atoms with E-state index in [1.54, 1.807) is 30.3 Å². The number of halogens is 1. The van der Waals surface area contributed by atoms with E-state index in [4.69, 9.17) is 17.3 Å². The maximum absolute atomic E-state index is 13.0. The number of piperidine rings is 2. The summed E-state index contributed by atoms with van der Waals surface area (Å²) in [6, 6.07) is 19.9. The minimum absolute atomic E-state index is 0.0414. The number of sulfone groups is 1. The monoisotopic (exact) mass is 569 g/mol. The summed E-state index contributed by atoms with van der Waals surface area (Å²) >= 11 is 6.00. The molecule has 0 aromatic heterocycles. The van der Waals surface area contributed by atoms with Gasteiger partial charge < -0.3 is 15.5 Å². The molecule has 3 aromatic rings. The van der Waals surface area contributed by atoms with Crippen LogP contribution in [0.15, 0.2) is 76.5 Å². The molecule has 3 aromatic carbocycles. The van der Waals surface area contributed by atoms with Crippen LogP contribution in [0.1, 0.15) is 47.2 Å². The minimum atomic E-state index is -3.58. The first-order valence-corrected chi connectivity index (χ1v) is 15.6. The first-order chi connectivity index (χ1) is 18.7. The average Bonchev–Trinajstić information content (AvgIpc) is 2.95. The Bertz CT molecular complexity index is 1430. The summed E-state index contributed by atoms with van der Waals surface area (Å²) in [5.41, 5.74) is 9.48. The average molecular weight is 570 g/mol. The number of anilines is 1. The van der Waals surface area contributed by atoms with Crippen molar-refractivity contribution in [3.63, 3.8) is 0 Å². The molecule has 2 N–H and O–H groups in total. The second-order valence-corrected chi connectivity index (χ2v) is 13.2. The maximum atomic E-state index is 13.0. The molecule has 2 fully saturated rings. The van der Waals surface area contributed by atoms with Gasteiger partial charge in [-0.1, -0.05) is 41.9 Å². The lowest BCUT2D eigenvalue weighted by Crippen LogP contribution is -2.49. The number of carbonyl (C=O) groups is 1. The molecule has 5 rings (SSSR count). The Hall–Kier alpha value is -2.87. The van der Waals surface area contributed by atoms with Gasteiger partial charge in [-0.3, -0.25) is 4.79 Å². The zero-order valence-electron chi connectivity index (χ0n) is 22.4. The van der Waals surface area contributed by atoms with Gasteiger partial charge in [-0.25, -0.2) is 8.42 Å². The van der Waals surface area contributed by atoms with Crippen LogP contribution in [0.3, 0.4) is 0 Å². The van der Waals surface area contributed by atoms with E-state index in [0.29, 0.717) is 33.1 Å². The lowest BCUT2D eigenvalue weighted by atomic mass is 9.89. The first kappa shape index (κ1) is 27.7. The van der Waals surface area contributed by atoms with Gasteiger partial charge >= 0.3 is 0 Å². The number of likely N-dealkylation sites (tertiary alicyclic amines) is 2. The normalized spacial score (nSPS) is 17.8. The molecule has 39 heavy (non-hydrogen) atoms. The molecule has 2 saturated heterocycles. The van der Waals surface area contributed by atoms with Crippen molar-refractivity contribution < 1.29 is 13.2 Å². The molecule has 0 saturated carbocycles. The molecule has 0 unspecified atom stereocenters. The predicted octanol–water partition coefficient (Wildman–Crippen LogP) is 5.62. The maximum Gasteiger partial charge on any atom is 0.255 e. The van der Waals surface area contributed by atoms with Crippen molar-refractivity contribution in [2.45, 2.75) is 54.9 Å². The summed E-state index contributed by atoms with van der Waals surface area (Å²) in [6.45, 7) is 5.59. The molecule has 0 atom stereocenters. The zero-order valence-corrected chi connectivity index (χ0v) is 23.9. The van der Waals surface area contributed by atoms with Crippen LogP contribution < -0.4 is 5.73 Å². The Morgan fingerprint density at radius 1 is 0.974 bits per heavy atom. The highest BCUT2D eigenvalue weighted by Gasteiger charge is 2.30. The highest BCUT2D eigenvalue weighted by molar-refractivity contribution is 7.91. The number of nitrogens with two attached hydrogens (primary N) is 1. The number of hydrogen-bond acceptors (Lipinski definition) is 5. The Morgan fingerprint density at radius 2 is 1.64 bits per heavy atom. The molecule has 2 aliphatic heterocycles. The van der Waals surface area contributed by atoms with Crippen LogP contribution in [-0.4, -0.2) is 56.3 Å². The third-order valence-corrected chi connectivity index (χ3v) is 10.3. The van der Waals surface area contributed by atoms with Crippen LogP contribution in [0.5, 0.6) is 0 Å². The number of hydrogen-bond donors (Lipinski definition) is 1. The number of nitrogen functional groups attached to an aromatic ring is 1. The van der Waals surface area contributed by atoms with Crippen LogP contribution in [0.4, 0.5) is 5.69 Å². The topological polar surface area (TPSA) is 83.7 Å². The highest BCUT2D eigenvalue weighted by atomic mass is 35.5. The van der Waals surface area contributed by atoms with E-state index < -0.39 is 9.84 Å². The number of para-hydroxylation sites is 1. The largest absolute Gasteiger partial charge is 0.398 e. The third kappa shape index (κ3) is 6.16. The van der Waals surface area contributed by atoms with Crippen LogP contribution in [0, 0.1) is 12.8 Å². The van der Waals surface area contributed by atoms with Gasteiger partial charge in [0.25, 0.3) is 5.91 Å². The summed E-state index contributed by atoms with van der Waals surface area (Å²) in [4.78, 5) is 18.1. The standard InChI is InChI=1S/C31H36ClN3O3S/c1-22-4-2-7-29(30(22)33)31(36)35-18-14-26(15-19-35)34-16-12-24(13-17-34)20-23-8-10-27(11-9-23)39(37,38)28-6-3-5-25(32)21-28/h2-11,21,24,26H,12-20,33H2,1H3/i18+2,19+2. The van der Waals surface area contributed by atoms with Gasteiger partial charge in [-0.2, -0.15) is 0 Å². The molecule has 2 heterocycles. The molecule has 206 valence electrons. The number of carbonyl (C=O) groups excluding carboxylic acids is 1. The number of benzene rings is 3. The summed E-state index contributed by atoms with van der Waals surface area (Å²) in [5, 5.41) is 0.408. The van der Waals surface area contributed by atoms with E-state index in [1.807, 2.05) is 42.2 Å². The van der Waals surface area contributed by atoms with Gasteiger partial charge in [0.2, 0.25) is 9.84 Å². The number of nitrogens with zero attached hydrogens (tertiary/aromatic N) is 2. The molecule has 0 radical (unpaired) electrons. The van der Waals surface area contributed by atoms with Crippen LogP contribution in [0.2, 0.25) is 5.02 Å². The predicted molar refractivity (Wildman–Crippen MR) is 156 cm³/mol. The fourth-order valence-electron chi connectivity index (χ4n) is 5.90. The molecule has 0 spiro atoms. The number of aryl methyl sites for hydroxylation is 1. The third-order valence-electron chi connectivity index (χ3n) is 8.34. The Morgan fingerprint density at radius 3 is 2.31 bits per heavy atom. The molecular weight excluding hydrogens is 534 g/mol. The second-order valence-electron chi connectivity index (χ2n) is 10.8. The summed E-state index contributed by atoms with van der Waals surface area (Å²) < 4.78 is 25.9. The fourth-order valence-corrected chi connectivity index (χ4v) is 7.46. The van der Waals surface area contributed by atoms with Gasteiger partial charge in [0.15, 0.2) is 0 Å². The van der Waals surface area contributed by atoms with Crippen molar-refractivity contribution in [3.05, 3.63) is 88.4 Å². The Balaban J connectivity index is 1.10. The van der Waals surface area contributed by atoms with E-state index in [2.05, 4.69) is 4.90 Å². The van der Waals surface area contributed by atoms with Gasteiger partial charge in [-0.15, -0.1) is 0 Å². The number of amides is 1. The highest BCUT2D eigenvalue weighted by Crippen LogP contribution is 2.29. The van der Waals surface area contributed by atoms with Crippen molar-refractivity contribution in [1.82, 2.24) is 9.80 Å². The van der Waals surface area contributed by atoms with E-state index in [0.717, 1.165) is 63.8 Å². The van der Waals surface area contributed by atoms with Gasteiger partial charge in [0.1, 0.15) is 0 Å². The fraction of sp³-hybridized carbons (Fsp3) is 0.387. The van der Waals surface area contributed by atoms with Crippen LogP contribution >= 0.6 is 11.6 Å². The van der Waals surface area contributed by atoms with Gasteiger partial charge in [0, 0.05) is 29.8 Å². The van der Waals surface area contributed by atoms with Crippen LogP contribution in [-0.2, 0) is 16.3 Å². The van der Waals surface area contributed by atoms with Gasteiger partial charge in [0.05, 0.1) is 15.4 Å². The molecular formula is C31H36ClN3O3S. The second kappa shape index (κ2) is 11.7. The summed E-state index contributed by atoms with van der Waals surface area (Å²) in [7, 11) is -3.58. The van der Waals surface area contributed by atoms with E-state index in [9.17, 15) is 13.2 Å². The molecule has 0 aliphatic carbocycles. The summed E-state index contributed by atoms with van der Waals surface area (Å²) in [5.74, 6) is 0.627. The first-order valence-electron chi connectivity index (χ1n) is 13.7. The molecule has 2 aliphatic rings. The van der Waals surface area contributed by atoms with E-state index in [1.165, 1.54) is 11.6 Å². The Kier molecular flexibility index (Phi) is 8.31.